The molecule has 6 nitrogen and oxygen atoms in total. The van der Waals surface area contributed by atoms with Crippen molar-refractivity contribution >= 4 is 22.1 Å². The van der Waals surface area contributed by atoms with Crippen molar-refractivity contribution in [3.63, 3.8) is 0 Å². The summed E-state index contributed by atoms with van der Waals surface area (Å²) in [5.41, 5.74) is 3.58. The van der Waals surface area contributed by atoms with E-state index in [0.29, 0.717) is 23.1 Å². The minimum Gasteiger partial charge on any atom is -0.435 e. The Kier molecular flexibility index (Phi) is 3.37. The number of rotatable bonds is 4. The SMILES string of the molecule is N#Cc1ccc2nc(-n3cnc4cc(OC(F)F)ccc43)n(C3CC3)c2c1. The van der Waals surface area contributed by atoms with Crippen LogP contribution in [0, 0.1) is 11.3 Å². The Morgan fingerprint density at radius 3 is 2.70 bits per heavy atom. The Hall–Kier alpha value is -3.47. The van der Waals surface area contributed by atoms with Crippen molar-refractivity contribution in [3.05, 3.63) is 48.3 Å². The molecule has 0 bridgehead atoms. The average Bonchev–Trinajstić information content (AvgIpc) is 3.29. The van der Waals surface area contributed by atoms with Gasteiger partial charge in [-0.2, -0.15) is 14.0 Å². The highest BCUT2D eigenvalue weighted by Gasteiger charge is 2.29. The van der Waals surface area contributed by atoms with Crippen molar-refractivity contribution in [3.8, 4) is 17.8 Å². The summed E-state index contributed by atoms with van der Waals surface area (Å²) < 4.78 is 33.3. The van der Waals surface area contributed by atoms with Crippen LogP contribution in [-0.2, 0) is 0 Å². The molecule has 134 valence electrons. The van der Waals surface area contributed by atoms with Gasteiger partial charge in [0.15, 0.2) is 0 Å². The van der Waals surface area contributed by atoms with Gasteiger partial charge in [0.2, 0.25) is 5.95 Å². The molecule has 2 aromatic heterocycles. The summed E-state index contributed by atoms with van der Waals surface area (Å²) >= 11 is 0. The standard InChI is InChI=1S/C19H13F2N5O/c20-18(21)27-13-4-6-16-15(8-13)23-10-25(16)19-24-14-5-1-11(9-22)7-17(14)26(19)12-2-3-12/h1,4-8,10,12,18H,2-3H2. The molecule has 2 heterocycles. The number of nitriles is 1. The van der Waals surface area contributed by atoms with E-state index in [4.69, 9.17) is 4.98 Å². The number of benzene rings is 2. The lowest BCUT2D eigenvalue weighted by molar-refractivity contribution is -0.0497. The fourth-order valence-electron chi connectivity index (χ4n) is 3.34. The minimum absolute atomic E-state index is 0.0668. The Balaban J connectivity index is 1.69. The maximum absolute atomic E-state index is 12.4. The van der Waals surface area contributed by atoms with E-state index in [-0.39, 0.29) is 5.75 Å². The van der Waals surface area contributed by atoms with Crippen LogP contribution in [0.3, 0.4) is 0 Å². The van der Waals surface area contributed by atoms with E-state index in [9.17, 15) is 14.0 Å². The van der Waals surface area contributed by atoms with Gasteiger partial charge in [0.05, 0.1) is 33.7 Å². The van der Waals surface area contributed by atoms with Crippen molar-refractivity contribution in [2.24, 2.45) is 0 Å². The van der Waals surface area contributed by atoms with Crippen LogP contribution in [0.15, 0.2) is 42.7 Å². The van der Waals surface area contributed by atoms with Gasteiger partial charge in [-0.3, -0.25) is 4.57 Å². The Morgan fingerprint density at radius 1 is 1.11 bits per heavy atom. The number of hydrogen-bond donors (Lipinski definition) is 0. The second-order valence-corrected chi connectivity index (χ2v) is 6.47. The maximum atomic E-state index is 12.4. The summed E-state index contributed by atoms with van der Waals surface area (Å²) in [6, 6.07) is 12.6. The molecule has 0 radical (unpaired) electrons. The number of ether oxygens (including phenoxy) is 1. The van der Waals surface area contributed by atoms with Crippen LogP contribution in [-0.4, -0.2) is 25.7 Å². The molecule has 27 heavy (non-hydrogen) atoms. The Bertz CT molecular complexity index is 1220. The molecule has 5 rings (SSSR count). The van der Waals surface area contributed by atoms with Crippen LogP contribution in [0.25, 0.3) is 28.0 Å². The molecule has 0 amide bonds. The first-order valence-corrected chi connectivity index (χ1v) is 8.48. The van der Waals surface area contributed by atoms with Crippen LogP contribution in [0.2, 0.25) is 0 Å². The summed E-state index contributed by atoms with van der Waals surface area (Å²) in [4.78, 5) is 9.06. The zero-order valence-electron chi connectivity index (χ0n) is 14.0. The zero-order valence-corrected chi connectivity index (χ0v) is 14.0. The quantitative estimate of drug-likeness (QED) is 0.544. The van der Waals surface area contributed by atoms with E-state index in [1.807, 2.05) is 16.7 Å². The van der Waals surface area contributed by atoms with Gasteiger partial charge in [-0.05, 0) is 43.2 Å². The molecule has 2 aromatic carbocycles. The van der Waals surface area contributed by atoms with Gasteiger partial charge in [0.25, 0.3) is 0 Å². The second kappa shape index (κ2) is 5.77. The molecular weight excluding hydrogens is 352 g/mol. The van der Waals surface area contributed by atoms with Crippen molar-refractivity contribution in [1.82, 2.24) is 19.1 Å². The van der Waals surface area contributed by atoms with Crippen molar-refractivity contribution in [1.29, 1.82) is 5.26 Å². The van der Waals surface area contributed by atoms with E-state index in [1.54, 1.807) is 18.5 Å². The molecule has 0 aliphatic heterocycles. The highest BCUT2D eigenvalue weighted by Crippen LogP contribution is 2.40. The summed E-state index contributed by atoms with van der Waals surface area (Å²) in [6.45, 7) is -2.88. The first-order chi connectivity index (χ1) is 13.1. The van der Waals surface area contributed by atoms with Crippen LogP contribution in [0.4, 0.5) is 8.78 Å². The average molecular weight is 365 g/mol. The first-order valence-electron chi connectivity index (χ1n) is 8.48. The molecule has 4 aromatic rings. The number of halogens is 2. The number of fused-ring (bicyclic) bond motifs is 2. The second-order valence-electron chi connectivity index (χ2n) is 6.47. The monoisotopic (exact) mass is 365 g/mol. The van der Waals surface area contributed by atoms with Gasteiger partial charge in [0.1, 0.15) is 12.1 Å². The van der Waals surface area contributed by atoms with Gasteiger partial charge >= 0.3 is 6.61 Å². The van der Waals surface area contributed by atoms with Crippen molar-refractivity contribution in [2.45, 2.75) is 25.5 Å². The highest BCUT2D eigenvalue weighted by molar-refractivity contribution is 5.82. The smallest absolute Gasteiger partial charge is 0.387 e. The van der Waals surface area contributed by atoms with E-state index in [0.717, 1.165) is 29.4 Å². The highest BCUT2D eigenvalue weighted by atomic mass is 19.3. The van der Waals surface area contributed by atoms with Crippen molar-refractivity contribution < 1.29 is 13.5 Å². The normalized spacial score (nSPS) is 14.1. The summed E-state index contributed by atoms with van der Waals surface area (Å²) in [5.74, 6) is 0.768. The van der Waals surface area contributed by atoms with Crippen LogP contribution < -0.4 is 4.74 Å². The summed E-state index contributed by atoms with van der Waals surface area (Å²) in [6.07, 6.45) is 3.73. The molecule has 1 aliphatic rings. The van der Waals surface area contributed by atoms with E-state index in [1.165, 1.54) is 12.1 Å². The third kappa shape index (κ3) is 2.59. The Morgan fingerprint density at radius 2 is 1.96 bits per heavy atom. The van der Waals surface area contributed by atoms with Crippen molar-refractivity contribution in [2.75, 3.05) is 0 Å². The third-order valence-electron chi connectivity index (χ3n) is 4.67. The van der Waals surface area contributed by atoms with Gasteiger partial charge in [-0.25, -0.2) is 9.97 Å². The molecular formula is C19H13F2N5O. The lowest BCUT2D eigenvalue weighted by Crippen LogP contribution is -2.05. The van der Waals surface area contributed by atoms with Gasteiger partial charge in [-0.1, -0.05) is 0 Å². The number of imidazole rings is 2. The summed E-state index contributed by atoms with van der Waals surface area (Å²) in [5, 5.41) is 9.20. The molecule has 1 fully saturated rings. The fraction of sp³-hybridized carbons (Fsp3) is 0.211. The molecule has 1 saturated carbocycles. The fourth-order valence-corrected chi connectivity index (χ4v) is 3.34. The topological polar surface area (TPSA) is 68.7 Å². The number of nitrogens with zero attached hydrogens (tertiary/aromatic N) is 5. The molecule has 0 unspecified atom stereocenters. The van der Waals surface area contributed by atoms with Gasteiger partial charge in [-0.15, -0.1) is 0 Å². The van der Waals surface area contributed by atoms with E-state index in [2.05, 4.69) is 20.4 Å². The zero-order chi connectivity index (χ0) is 18.5. The first kappa shape index (κ1) is 15.8. The van der Waals surface area contributed by atoms with E-state index < -0.39 is 6.61 Å². The molecule has 0 atom stereocenters. The van der Waals surface area contributed by atoms with Gasteiger partial charge in [0, 0.05) is 12.1 Å². The third-order valence-corrected chi connectivity index (χ3v) is 4.67. The predicted octanol–water partition coefficient (Wildman–Crippen LogP) is 4.18. The number of aromatic nitrogens is 4. The van der Waals surface area contributed by atoms with Gasteiger partial charge < -0.3 is 9.30 Å². The van der Waals surface area contributed by atoms with Crippen LogP contribution >= 0.6 is 0 Å². The van der Waals surface area contributed by atoms with E-state index >= 15 is 0 Å². The molecule has 8 heteroatoms. The molecule has 0 N–H and O–H groups in total. The summed E-state index contributed by atoms with van der Waals surface area (Å²) in [7, 11) is 0. The van der Waals surface area contributed by atoms with Crippen LogP contribution in [0.1, 0.15) is 24.4 Å². The predicted molar refractivity (Wildman–Crippen MR) is 94.0 cm³/mol. The number of alkyl halides is 2. The number of hydrogen-bond acceptors (Lipinski definition) is 4. The molecule has 0 spiro atoms. The van der Waals surface area contributed by atoms with Crippen LogP contribution in [0.5, 0.6) is 5.75 Å². The minimum atomic E-state index is -2.88. The molecule has 0 saturated heterocycles. The molecule has 1 aliphatic carbocycles. The lowest BCUT2D eigenvalue weighted by atomic mass is 10.2. The maximum Gasteiger partial charge on any atom is 0.387 e. The Labute approximate surface area is 152 Å². The largest absolute Gasteiger partial charge is 0.435 e. The lowest BCUT2D eigenvalue weighted by Gasteiger charge is -2.09.